The van der Waals surface area contributed by atoms with Gasteiger partial charge in [-0.1, -0.05) is 71.4 Å². The van der Waals surface area contributed by atoms with E-state index in [1.165, 1.54) is 16.7 Å². The van der Waals surface area contributed by atoms with Gasteiger partial charge in [-0.05, 0) is 73.3 Å². The van der Waals surface area contributed by atoms with Crippen LogP contribution in [0, 0.1) is 12.8 Å². The van der Waals surface area contributed by atoms with E-state index in [1.807, 2.05) is 36.2 Å². The quantitative estimate of drug-likeness (QED) is 0.362. The topological polar surface area (TPSA) is 80.1 Å². The Balaban J connectivity index is 1.16. The Morgan fingerprint density at radius 3 is 2.55 bits per heavy atom. The van der Waals surface area contributed by atoms with Crippen molar-refractivity contribution in [1.29, 1.82) is 0 Å². The van der Waals surface area contributed by atoms with E-state index in [0.29, 0.717) is 25.3 Å². The molecule has 0 bridgehead atoms. The fourth-order valence-corrected chi connectivity index (χ4v) is 6.46. The van der Waals surface area contributed by atoms with Crippen LogP contribution in [0.1, 0.15) is 47.4 Å². The summed E-state index contributed by atoms with van der Waals surface area (Å²) < 4.78 is 1.75. The predicted octanol–water partition coefficient (Wildman–Crippen LogP) is 4.38. The van der Waals surface area contributed by atoms with Crippen molar-refractivity contribution in [1.82, 2.24) is 25.2 Å². The van der Waals surface area contributed by atoms with Gasteiger partial charge < -0.3 is 10.2 Å². The summed E-state index contributed by atoms with van der Waals surface area (Å²) in [4.78, 5) is 29.5. The van der Waals surface area contributed by atoms with E-state index >= 15 is 0 Å². The molecular formula is C33H37N5O2. The fraction of sp³-hybridized carbons (Fsp3) is 0.394. The highest BCUT2D eigenvalue weighted by atomic mass is 16.2. The second-order valence-electron chi connectivity index (χ2n) is 11.6. The minimum Gasteiger partial charge on any atom is -0.331 e. The van der Waals surface area contributed by atoms with Gasteiger partial charge in [-0.25, -0.2) is 4.68 Å². The molecule has 0 unspecified atom stereocenters. The molecule has 206 valence electrons. The molecule has 0 spiro atoms. The molecule has 6 rings (SSSR count). The van der Waals surface area contributed by atoms with Gasteiger partial charge in [0.1, 0.15) is 5.52 Å². The Kier molecular flexibility index (Phi) is 7.48. The molecule has 3 aromatic carbocycles. The van der Waals surface area contributed by atoms with Gasteiger partial charge in [0.05, 0.1) is 17.6 Å². The number of ketones is 1. The zero-order valence-electron chi connectivity index (χ0n) is 23.3. The molecule has 7 heteroatoms. The molecule has 2 saturated heterocycles. The van der Waals surface area contributed by atoms with Crippen LogP contribution in [0.25, 0.3) is 11.0 Å². The van der Waals surface area contributed by atoms with Crippen LogP contribution in [-0.2, 0) is 29.5 Å². The second-order valence-corrected chi connectivity index (χ2v) is 11.6. The number of rotatable bonds is 8. The molecule has 2 aliphatic heterocycles. The lowest BCUT2D eigenvalue weighted by Gasteiger charge is -2.27. The summed E-state index contributed by atoms with van der Waals surface area (Å²) >= 11 is 0. The zero-order chi connectivity index (χ0) is 27.6. The van der Waals surface area contributed by atoms with Crippen molar-refractivity contribution in [2.24, 2.45) is 13.0 Å². The van der Waals surface area contributed by atoms with E-state index in [1.54, 1.807) is 4.68 Å². The third-order valence-corrected chi connectivity index (χ3v) is 8.72. The van der Waals surface area contributed by atoms with Crippen molar-refractivity contribution >= 4 is 22.7 Å². The van der Waals surface area contributed by atoms with E-state index in [2.05, 4.69) is 71.1 Å². The van der Waals surface area contributed by atoms with Gasteiger partial charge in [0.2, 0.25) is 5.91 Å². The summed E-state index contributed by atoms with van der Waals surface area (Å²) in [6.07, 6.45) is 3.39. The van der Waals surface area contributed by atoms with Gasteiger partial charge in [-0.2, -0.15) is 0 Å². The van der Waals surface area contributed by atoms with Crippen molar-refractivity contribution < 1.29 is 9.59 Å². The number of Topliss-reactive ketones (excluding diaryl/α,β-unsaturated/α-hetero) is 1. The maximum Gasteiger partial charge on any atom is 0.240 e. The predicted molar refractivity (Wildman–Crippen MR) is 156 cm³/mol. The van der Waals surface area contributed by atoms with Crippen LogP contribution in [0.15, 0.2) is 72.8 Å². The first-order valence-corrected chi connectivity index (χ1v) is 14.4. The lowest BCUT2D eigenvalue weighted by Crippen LogP contribution is -2.48. The summed E-state index contributed by atoms with van der Waals surface area (Å²) in [7, 11) is 1.87. The number of fused-ring (bicyclic) bond motifs is 1. The van der Waals surface area contributed by atoms with Crippen LogP contribution < -0.4 is 5.32 Å². The Morgan fingerprint density at radius 2 is 1.75 bits per heavy atom. The molecule has 2 aliphatic rings. The van der Waals surface area contributed by atoms with Gasteiger partial charge >= 0.3 is 0 Å². The molecule has 4 atom stereocenters. The Morgan fingerprint density at radius 1 is 0.975 bits per heavy atom. The summed E-state index contributed by atoms with van der Waals surface area (Å²) in [5, 5.41) is 11.8. The fourth-order valence-electron chi connectivity index (χ4n) is 6.46. The van der Waals surface area contributed by atoms with Gasteiger partial charge in [0, 0.05) is 26.6 Å². The molecule has 40 heavy (non-hydrogen) atoms. The smallest absolute Gasteiger partial charge is 0.240 e. The van der Waals surface area contributed by atoms with Gasteiger partial charge in [-0.15, -0.1) is 5.10 Å². The zero-order valence-corrected chi connectivity index (χ0v) is 23.3. The van der Waals surface area contributed by atoms with Crippen molar-refractivity contribution in [3.8, 4) is 0 Å². The first-order valence-electron chi connectivity index (χ1n) is 14.4. The highest BCUT2D eigenvalue weighted by molar-refractivity contribution is 5.92. The number of hydrogen-bond acceptors (Lipinski definition) is 5. The monoisotopic (exact) mass is 535 g/mol. The van der Waals surface area contributed by atoms with E-state index in [4.69, 9.17) is 0 Å². The highest BCUT2D eigenvalue weighted by Gasteiger charge is 2.42. The van der Waals surface area contributed by atoms with Crippen LogP contribution in [0.2, 0.25) is 0 Å². The van der Waals surface area contributed by atoms with Crippen molar-refractivity contribution in [3.05, 3.63) is 95.1 Å². The highest BCUT2D eigenvalue weighted by Crippen LogP contribution is 2.32. The SMILES string of the molecule is Cc1ccc(C[C@@H]2C[C@@H](C(=O)CCc3ccc4c(c3)nnn4C)N(C(=O)[C@H]3C[C@@H](c4ccccc4)CN3)C2)cc1. The number of hydrogen-bond donors (Lipinski definition) is 1. The van der Waals surface area contributed by atoms with Gasteiger partial charge in [0.25, 0.3) is 0 Å². The third kappa shape index (κ3) is 5.56. The van der Waals surface area contributed by atoms with E-state index in [-0.39, 0.29) is 29.7 Å². The molecule has 4 aromatic rings. The molecule has 1 amide bonds. The number of aromatic nitrogens is 3. The average Bonchev–Trinajstić information content (AvgIpc) is 3.72. The molecular weight excluding hydrogens is 498 g/mol. The Labute approximate surface area is 235 Å². The van der Waals surface area contributed by atoms with Crippen molar-refractivity contribution in [2.75, 3.05) is 13.1 Å². The number of likely N-dealkylation sites (tertiary alicyclic amines) is 1. The molecule has 1 N–H and O–H groups in total. The van der Waals surface area contributed by atoms with Gasteiger partial charge in [0.15, 0.2) is 5.78 Å². The van der Waals surface area contributed by atoms with E-state index in [0.717, 1.165) is 42.4 Å². The molecule has 1 aromatic heterocycles. The van der Waals surface area contributed by atoms with Crippen LogP contribution in [0.3, 0.4) is 0 Å². The normalized spacial score (nSPS) is 22.7. The largest absolute Gasteiger partial charge is 0.331 e. The molecule has 0 aliphatic carbocycles. The Hall–Kier alpha value is -3.84. The van der Waals surface area contributed by atoms with Crippen LogP contribution in [0.4, 0.5) is 0 Å². The summed E-state index contributed by atoms with van der Waals surface area (Å²) in [6.45, 7) is 3.50. The van der Waals surface area contributed by atoms with Crippen LogP contribution in [-0.4, -0.2) is 56.8 Å². The number of amides is 1. The lowest BCUT2D eigenvalue weighted by atomic mass is 9.93. The summed E-state index contributed by atoms with van der Waals surface area (Å²) in [5.74, 6) is 0.801. The standard InChI is InChI=1S/C33H37N5O2/c1-22-8-10-23(11-9-22)16-25-18-31(32(39)15-13-24-12-14-30-28(17-24)35-36-37(30)2)38(21-25)33(40)29-19-27(20-34-29)26-6-4-3-5-7-26/h3-12,14,17,25,27,29,31,34H,13,15-16,18-21H2,1-2H3/t25-,27-,29-,31+/m1/s1. The van der Waals surface area contributed by atoms with Crippen molar-refractivity contribution in [2.45, 2.75) is 57.0 Å². The minimum absolute atomic E-state index is 0.0733. The number of nitrogens with one attached hydrogen (secondary N) is 1. The second kappa shape index (κ2) is 11.3. The Bertz CT molecular complexity index is 1500. The van der Waals surface area contributed by atoms with E-state index in [9.17, 15) is 9.59 Å². The maximum atomic E-state index is 13.9. The lowest BCUT2D eigenvalue weighted by molar-refractivity contribution is -0.139. The molecule has 0 saturated carbocycles. The molecule has 3 heterocycles. The minimum atomic E-state index is -0.374. The molecule has 0 radical (unpaired) electrons. The maximum absolute atomic E-state index is 13.9. The first-order chi connectivity index (χ1) is 19.4. The third-order valence-electron chi connectivity index (χ3n) is 8.72. The average molecular weight is 536 g/mol. The molecule has 2 fully saturated rings. The number of aryl methyl sites for hydroxylation is 3. The number of carbonyl (C=O) groups excluding carboxylic acids is 2. The summed E-state index contributed by atoms with van der Waals surface area (Å²) in [5.41, 5.74) is 6.63. The summed E-state index contributed by atoms with van der Waals surface area (Å²) in [6, 6.07) is 24.4. The van der Waals surface area contributed by atoms with Crippen LogP contribution >= 0.6 is 0 Å². The van der Waals surface area contributed by atoms with Crippen molar-refractivity contribution in [3.63, 3.8) is 0 Å². The van der Waals surface area contributed by atoms with E-state index < -0.39 is 0 Å². The number of nitrogens with zero attached hydrogens (tertiary/aromatic N) is 4. The molecule has 7 nitrogen and oxygen atoms in total. The van der Waals surface area contributed by atoms with Gasteiger partial charge in [-0.3, -0.25) is 9.59 Å². The number of benzene rings is 3. The first kappa shape index (κ1) is 26.4. The van der Waals surface area contributed by atoms with Crippen LogP contribution in [0.5, 0.6) is 0 Å². The number of carbonyl (C=O) groups is 2.